The van der Waals surface area contributed by atoms with Crippen LogP contribution in [0.25, 0.3) is 0 Å². The molecule has 1 aromatic heterocycles. The fourth-order valence-electron chi connectivity index (χ4n) is 3.46. The van der Waals surface area contributed by atoms with Crippen molar-refractivity contribution < 1.29 is 13.2 Å². The van der Waals surface area contributed by atoms with E-state index in [2.05, 4.69) is 10.3 Å². The van der Waals surface area contributed by atoms with Crippen LogP contribution in [0.5, 0.6) is 0 Å². The molecule has 0 radical (unpaired) electrons. The van der Waals surface area contributed by atoms with E-state index in [0.29, 0.717) is 31.9 Å². The van der Waals surface area contributed by atoms with Crippen LogP contribution in [0.2, 0.25) is 0 Å². The van der Waals surface area contributed by atoms with Crippen molar-refractivity contribution in [2.75, 3.05) is 31.5 Å². The summed E-state index contributed by atoms with van der Waals surface area (Å²) < 4.78 is 27.5. The Morgan fingerprint density at radius 3 is 2.64 bits per heavy atom. The molecule has 2 aliphatic rings. The number of carbonyl (C=O) groups is 1. The number of aromatic nitrogens is 1. The van der Waals surface area contributed by atoms with E-state index in [0.717, 1.165) is 32.2 Å². The van der Waals surface area contributed by atoms with E-state index in [1.807, 2.05) is 11.8 Å². The van der Waals surface area contributed by atoms with Gasteiger partial charge < -0.3 is 10.2 Å². The number of nitrogens with one attached hydrogen (secondary N) is 1. The summed E-state index contributed by atoms with van der Waals surface area (Å²) in [6.07, 6.45) is 5.95. The number of amides is 1. The lowest BCUT2D eigenvalue weighted by Gasteiger charge is -2.27. The van der Waals surface area contributed by atoms with Crippen molar-refractivity contribution in [3.63, 3.8) is 0 Å². The minimum atomic E-state index is -3.55. The van der Waals surface area contributed by atoms with E-state index in [1.54, 1.807) is 22.6 Å². The van der Waals surface area contributed by atoms with E-state index in [9.17, 15) is 13.2 Å². The van der Waals surface area contributed by atoms with Gasteiger partial charge in [-0.2, -0.15) is 4.31 Å². The van der Waals surface area contributed by atoms with E-state index >= 15 is 0 Å². The maximum Gasteiger partial charge on any atom is 0.246 e. The third kappa shape index (κ3) is 4.12. The topological polar surface area (TPSA) is 82.6 Å². The maximum atomic E-state index is 13.0. The molecule has 2 saturated heterocycles. The lowest BCUT2D eigenvalue weighted by atomic mass is 10.2. The van der Waals surface area contributed by atoms with E-state index in [4.69, 9.17) is 0 Å². The summed E-state index contributed by atoms with van der Waals surface area (Å²) in [7, 11) is -3.55. The molecular weight excluding hydrogens is 340 g/mol. The van der Waals surface area contributed by atoms with Crippen LogP contribution >= 0.6 is 0 Å². The lowest BCUT2D eigenvalue weighted by Crippen LogP contribution is -2.38. The number of nitrogens with zero attached hydrogens (tertiary/aromatic N) is 3. The number of carbonyl (C=O) groups excluding carboxylic acids is 1. The summed E-state index contributed by atoms with van der Waals surface area (Å²) in [6.45, 7) is 4.39. The second-order valence-electron chi connectivity index (χ2n) is 6.80. The highest BCUT2D eigenvalue weighted by molar-refractivity contribution is 7.89. The van der Waals surface area contributed by atoms with Crippen LogP contribution in [0.15, 0.2) is 23.2 Å². The van der Waals surface area contributed by atoms with Gasteiger partial charge in [0.2, 0.25) is 15.9 Å². The zero-order chi connectivity index (χ0) is 17.9. The molecule has 1 amide bonds. The molecule has 2 fully saturated rings. The Hall–Kier alpha value is -1.67. The second kappa shape index (κ2) is 7.70. The van der Waals surface area contributed by atoms with Gasteiger partial charge in [-0.3, -0.25) is 4.79 Å². The van der Waals surface area contributed by atoms with Crippen molar-refractivity contribution >= 4 is 21.7 Å². The van der Waals surface area contributed by atoms with Crippen molar-refractivity contribution in [1.29, 1.82) is 0 Å². The Morgan fingerprint density at radius 2 is 1.96 bits per heavy atom. The van der Waals surface area contributed by atoms with Gasteiger partial charge in [0, 0.05) is 44.8 Å². The summed E-state index contributed by atoms with van der Waals surface area (Å²) in [4.78, 5) is 18.1. The lowest BCUT2D eigenvalue weighted by molar-refractivity contribution is -0.127. The molecule has 1 aromatic rings. The predicted molar refractivity (Wildman–Crippen MR) is 95.7 cm³/mol. The first kappa shape index (κ1) is 18.1. The van der Waals surface area contributed by atoms with Crippen molar-refractivity contribution in [3.05, 3.63) is 18.3 Å². The van der Waals surface area contributed by atoms with Crippen LogP contribution in [0.3, 0.4) is 0 Å². The molecule has 25 heavy (non-hydrogen) atoms. The molecule has 138 valence electrons. The molecule has 0 saturated carbocycles. The summed E-state index contributed by atoms with van der Waals surface area (Å²) in [5.41, 5.74) is 0. The van der Waals surface area contributed by atoms with Crippen molar-refractivity contribution in [3.8, 4) is 0 Å². The van der Waals surface area contributed by atoms with Gasteiger partial charge in [0.05, 0.1) is 0 Å². The SMILES string of the molecule is C[C@@H](CN1CCCC1=O)Nc1ncccc1S(=O)(=O)N1CCCCC1. The van der Waals surface area contributed by atoms with Crippen LogP contribution in [-0.2, 0) is 14.8 Å². The fraction of sp³-hybridized carbons (Fsp3) is 0.647. The standard InChI is InChI=1S/C17H26N4O3S/c1-14(13-20-10-6-8-16(20)22)19-17-15(7-5-9-18-17)25(23,24)21-11-3-2-4-12-21/h5,7,9,14H,2-4,6,8,10-13H2,1H3,(H,18,19)/t14-/m0/s1. The molecule has 8 heteroatoms. The maximum absolute atomic E-state index is 13.0. The Balaban J connectivity index is 1.75. The molecule has 0 unspecified atom stereocenters. The molecule has 0 aromatic carbocycles. The number of rotatable bonds is 6. The summed E-state index contributed by atoms with van der Waals surface area (Å²) in [6, 6.07) is 3.18. The normalized spacial score (nSPS) is 20.7. The highest BCUT2D eigenvalue weighted by Gasteiger charge is 2.29. The number of sulfonamides is 1. The van der Waals surface area contributed by atoms with Crippen LogP contribution in [-0.4, -0.2) is 60.7 Å². The van der Waals surface area contributed by atoms with Crippen LogP contribution in [0, 0.1) is 0 Å². The van der Waals surface area contributed by atoms with Gasteiger partial charge in [-0.05, 0) is 38.3 Å². The number of pyridine rings is 1. The van der Waals surface area contributed by atoms with Gasteiger partial charge in [-0.25, -0.2) is 13.4 Å². The average Bonchev–Trinajstić information content (AvgIpc) is 3.01. The van der Waals surface area contributed by atoms with E-state index in [1.165, 1.54) is 0 Å². The quantitative estimate of drug-likeness (QED) is 0.828. The molecule has 0 bridgehead atoms. The Morgan fingerprint density at radius 1 is 1.20 bits per heavy atom. The van der Waals surface area contributed by atoms with Crippen LogP contribution < -0.4 is 5.32 Å². The van der Waals surface area contributed by atoms with Crippen molar-refractivity contribution in [2.24, 2.45) is 0 Å². The van der Waals surface area contributed by atoms with Gasteiger partial charge in [0.15, 0.2) is 0 Å². The molecule has 1 N–H and O–H groups in total. The largest absolute Gasteiger partial charge is 0.365 e. The zero-order valence-electron chi connectivity index (χ0n) is 14.6. The monoisotopic (exact) mass is 366 g/mol. The minimum Gasteiger partial charge on any atom is -0.365 e. The van der Waals surface area contributed by atoms with Gasteiger partial charge >= 0.3 is 0 Å². The highest BCUT2D eigenvalue weighted by atomic mass is 32.2. The van der Waals surface area contributed by atoms with E-state index in [-0.39, 0.29) is 16.8 Å². The van der Waals surface area contributed by atoms with Crippen molar-refractivity contribution in [1.82, 2.24) is 14.2 Å². The molecule has 1 atom stereocenters. The van der Waals surface area contributed by atoms with Gasteiger partial charge in [0.25, 0.3) is 0 Å². The first-order chi connectivity index (χ1) is 12.0. The fourth-order valence-corrected chi connectivity index (χ4v) is 5.08. The van der Waals surface area contributed by atoms with Crippen molar-refractivity contribution in [2.45, 2.75) is 50.0 Å². The number of piperidine rings is 1. The van der Waals surface area contributed by atoms with Gasteiger partial charge in [-0.1, -0.05) is 6.42 Å². The summed E-state index contributed by atoms with van der Waals surface area (Å²) in [5, 5.41) is 3.19. The van der Waals surface area contributed by atoms with Crippen LogP contribution in [0.1, 0.15) is 39.0 Å². The highest BCUT2D eigenvalue weighted by Crippen LogP contribution is 2.25. The van der Waals surface area contributed by atoms with Gasteiger partial charge in [0.1, 0.15) is 10.7 Å². The molecule has 0 spiro atoms. The Bertz CT molecular complexity index is 716. The molecule has 7 nitrogen and oxygen atoms in total. The number of likely N-dealkylation sites (tertiary alicyclic amines) is 1. The Kier molecular flexibility index (Phi) is 5.58. The molecule has 3 heterocycles. The van der Waals surface area contributed by atoms with E-state index < -0.39 is 10.0 Å². The average molecular weight is 366 g/mol. The minimum absolute atomic E-state index is 0.0766. The number of hydrogen-bond donors (Lipinski definition) is 1. The zero-order valence-corrected chi connectivity index (χ0v) is 15.5. The summed E-state index contributed by atoms with van der Waals surface area (Å²) in [5.74, 6) is 0.531. The number of anilines is 1. The number of hydrogen-bond acceptors (Lipinski definition) is 5. The first-order valence-corrected chi connectivity index (χ1v) is 10.4. The molecule has 0 aliphatic carbocycles. The Labute approximate surface area is 149 Å². The third-order valence-electron chi connectivity index (χ3n) is 4.75. The molecular formula is C17H26N4O3S. The molecule has 3 rings (SSSR count). The summed E-state index contributed by atoms with van der Waals surface area (Å²) >= 11 is 0. The predicted octanol–water partition coefficient (Wildman–Crippen LogP) is 1.68. The van der Waals surface area contributed by atoms with Gasteiger partial charge in [-0.15, -0.1) is 0 Å². The first-order valence-electron chi connectivity index (χ1n) is 8.98. The van der Waals surface area contributed by atoms with Crippen LogP contribution in [0.4, 0.5) is 5.82 Å². The second-order valence-corrected chi connectivity index (χ2v) is 8.71. The molecule has 2 aliphatic heterocycles. The smallest absolute Gasteiger partial charge is 0.246 e. The third-order valence-corrected chi connectivity index (χ3v) is 6.68.